The van der Waals surface area contributed by atoms with E-state index in [4.69, 9.17) is 9.47 Å². The molecule has 1 unspecified atom stereocenters. The van der Waals surface area contributed by atoms with E-state index in [0.29, 0.717) is 5.92 Å². The van der Waals surface area contributed by atoms with Gasteiger partial charge < -0.3 is 19.9 Å². The number of nitrogens with one attached hydrogen (secondary N) is 1. The van der Waals surface area contributed by atoms with Gasteiger partial charge in [-0.15, -0.1) is 0 Å². The zero-order valence-corrected chi connectivity index (χ0v) is 13.3. The Morgan fingerprint density at radius 2 is 2.05 bits per heavy atom. The highest BCUT2D eigenvalue weighted by Crippen LogP contribution is 2.16. The normalized spacial score (nSPS) is 19.9. The van der Waals surface area contributed by atoms with Crippen molar-refractivity contribution in [1.82, 2.24) is 5.32 Å². The average Bonchev–Trinajstić information content (AvgIpc) is 2.50. The Balaban J connectivity index is 1.99. The third kappa shape index (κ3) is 7.58. The maximum absolute atomic E-state index is 9.48. The van der Waals surface area contributed by atoms with Crippen LogP contribution >= 0.6 is 0 Å². The Morgan fingerprint density at radius 1 is 1.30 bits per heavy atom. The smallest absolute Gasteiger partial charge is 0.0610 e. The molecular weight excluding hydrogens is 254 g/mol. The number of hydrogen-bond acceptors (Lipinski definition) is 4. The molecule has 4 nitrogen and oxygen atoms in total. The SMILES string of the molecule is CCCNC(C)(CO)CCCCOCC1CCOCC1. The predicted octanol–water partition coefficient (Wildman–Crippen LogP) is 2.35. The van der Waals surface area contributed by atoms with Crippen LogP contribution in [0.2, 0.25) is 0 Å². The van der Waals surface area contributed by atoms with Gasteiger partial charge >= 0.3 is 0 Å². The Labute approximate surface area is 124 Å². The fourth-order valence-corrected chi connectivity index (χ4v) is 2.53. The predicted molar refractivity (Wildman–Crippen MR) is 82.0 cm³/mol. The lowest BCUT2D eigenvalue weighted by atomic mass is 9.95. The van der Waals surface area contributed by atoms with Gasteiger partial charge in [0.1, 0.15) is 0 Å². The molecule has 0 amide bonds. The van der Waals surface area contributed by atoms with Crippen LogP contribution in [-0.4, -0.2) is 50.2 Å². The molecule has 1 rings (SSSR count). The van der Waals surface area contributed by atoms with E-state index in [1.54, 1.807) is 0 Å². The second-order valence-electron chi connectivity index (χ2n) is 6.23. The van der Waals surface area contributed by atoms with Crippen molar-refractivity contribution in [3.05, 3.63) is 0 Å². The number of aliphatic hydroxyl groups is 1. The summed E-state index contributed by atoms with van der Waals surface area (Å²) in [4.78, 5) is 0. The van der Waals surface area contributed by atoms with Crippen LogP contribution in [-0.2, 0) is 9.47 Å². The first-order valence-corrected chi connectivity index (χ1v) is 8.21. The zero-order valence-electron chi connectivity index (χ0n) is 13.3. The molecule has 0 saturated carbocycles. The lowest BCUT2D eigenvalue weighted by Crippen LogP contribution is -2.46. The highest BCUT2D eigenvalue weighted by Gasteiger charge is 2.21. The van der Waals surface area contributed by atoms with E-state index in [1.807, 2.05) is 0 Å². The molecule has 0 aromatic heterocycles. The first-order valence-electron chi connectivity index (χ1n) is 8.21. The van der Waals surface area contributed by atoms with Gasteiger partial charge in [0.25, 0.3) is 0 Å². The van der Waals surface area contributed by atoms with Gasteiger partial charge in [-0.05, 0) is 57.9 Å². The Bertz CT molecular complexity index is 232. The summed E-state index contributed by atoms with van der Waals surface area (Å²) >= 11 is 0. The van der Waals surface area contributed by atoms with Crippen LogP contribution < -0.4 is 5.32 Å². The molecule has 0 aromatic carbocycles. The molecule has 1 saturated heterocycles. The van der Waals surface area contributed by atoms with E-state index in [1.165, 1.54) is 0 Å². The van der Waals surface area contributed by atoms with E-state index < -0.39 is 0 Å². The minimum atomic E-state index is -0.128. The number of hydrogen-bond donors (Lipinski definition) is 2. The van der Waals surface area contributed by atoms with Crippen LogP contribution in [0.3, 0.4) is 0 Å². The standard InChI is InChI=1S/C16H33NO3/c1-3-9-17-16(2,14-18)8-4-5-10-20-13-15-6-11-19-12-7-15/h15,17-18H,3-14H2,1-2H3. The van der Waals surface area contributed by atoms with Crippen molar-refractivity contribution in [2.45, 2.75) is 57.9 Å². The third-order valence-electron chi connectivity index (χ3n) is 4.11. The molecule has 0 radical (unpaired) electrons. The first kappa shape index (κ1) is 17.9. The summed E-state index contributed by atoms with van der Waals surface area (Å²) in [5.41, 5.74) is -0.128. The van der Waals surface area contributed by atoms with Crippen LogP contribution in [0.25, 0.3) is 0 Å². The molecule has 1 heterocycles. The van der Waals surface area contributed by atoms with Crippen LogP contribution in [0.15, 0.2) is 0 Å². The van der Waals surface area contributed by atoms with Gasteiger partial charge in [0.05, 0.1) is 6.61 Å². The van der Waals surface area contributed by atoms with Crippen molar-refractivity contribution in [3.63, 3.8) is 0 Å². The van der Waals surface area contributed by atoms with Crippen molar-refractivity contribution >= 4 is 0 Å². The summed E-state index contributed by atoms with van der Waals surface area (Å²) in [5.74, 6) is 0.692. The summed E-state index contributed by atoms with van der Waals surface area (Å²) in [5, 5.41) is 12.9. The van der Waals surface area contributed by atoms with Gasteiger partial charge in [-0.3, -0.25) is 0 Å². The van der Waals surface area contributed by atoms with Crippen LogP contribution in [0, 0.1) is 5.92 Å². The molecule has 4 heteroatoms. The highest BCUT2D eigenvalue weighted by atomic mass is 16.5. The molecular formula is C16H33NO3. The maximum Gasteiger partial charge on any atom is 0.0610 e. The molecule has 1 atom stereocenters. The molecule has 1 fully saturated rings. The fraction of sp³-hybridized carbons (Fsp3) is 1.00. The minimum Gasteiger partial charge on any atom is -0.394 e. The Hall–Kier alpha value is -0.160. The summed E-state index contributed by atoms with van der Waals surface area (Å²) in [6.07, 6.45) is 6.56. The molecule has 0 bridgehead atoms. The van der Waals surface area contributed by atoms with Crippen molar-refractivity contribution in [2.75, 3.05) is 39.6 Å². The Kier molecular flexibility index (Phi) is 9.44. The molecule has 2 N–H and O–H groups in total. The van der Waals surface area contributed by atoms with Gasteiger partial charge in [-0.25, -0.2) is 0 Å². The van der Waals surface area contributed by atoms with Gasteiger partial charge in [0.2, 0.25) is 0 Å². The summed E-state index contributed by atoms with van der Waals surface area (Å²) in [6.45, 7) is 8.94. The van der Waals surface area contributed by atoms with Crippen molar-refractivity contribution in [1.29, 1.82) is 0 Å². The van der Waals surface area contributed by atoms with Gasteiger partial charge in [0, 0.05) is 32.0 Å². The van der Waals surface area contributed by atoms with E-state index in [2.05, 4.69) is 19.2 Å². The number of unbranched alkanes of at least 4 members (excludes halogenated alkanes) is 1. The lowest BCUT2D eigenvalue weighted by molar-refractivity contribution is 0.0193. The molecule has 120 valence electrons. The number of rotatable bonds is 11. The molecule has 1 aliphatic heterocycles. The van der Waals surface area contributed by atoms with Crippen LogP contribution in [0.1, 0.15) is 52.4 Å². The largest absolute Gasteiger partial charge is 0.394 e. The fourth-order valence-electron chi connectivity index (χ4n) is 2.53. The number of aliphatic hydroxyl groups excluding tert-OH is 1. The minimum absolute atomic E-state index is 0.128. The second-order valence-corrected chi connectivity index (χ2v) is 6.23. The second kappa shape index (κ2) is 10.6. The van der Waals surface area contributed by atoms with E-state index in [0.717, 1.165) is 71.5 Å². The van der Waals surface area contributed by atoms with E-state index >= 15 is 0 Å². The highest BCUT2D eigenvalue weighted by molar-refractivity contribution is 4.81. The molecule has 0 spiro atoms. The van der Waals surface area contributed by atoms with E-state index in [-0.39, 0.29) is 12.1 Å². The van der Waals surface area contributed by atoms with Gasteiger partial charge in [0.15, 0.2) is 0 Å². The quantitative estimate of drug-likeness (QED) is 0.573. The van der Waals surface area contributed by atoms with Crippen LogP contribution in [0.5, 0.6) is 0 Å². The zero-order chi connectivity index (χ0) is 14.7. The monoisotopic (exact) mass is 287 g/mol. The molecule has 20 heavy (non-hydrogen) atoms. The number of ether oxygens (including phenoxy) is 2. The molecule has 0 aromatic rings. The van der Waals surface area contributed by atoms with Gasteiger partial charge in [-0.1, -0.05) is 6.92 Å². The van der Waals surface area contributed by atoms with Crippen molar-refractivity contribution in [2.24, 2.45) is 5.92 Å². The van der Waals surface area contributed by atoms with E-state index in [9.17, 15) is 5.11 Å². The third-order valence-corrected chi connectivity index (χ3v) is 4.11. The summed E-state index contributed by atoms with van der Waals surface area (Å²) < 4.78 is 11.1. The first-order chi connectivity index (χ1) is 9.70. The maximum atomic E-state index is 9.48. The Morgan fingerprint density at radius 3 is 2.70 bits per heavy atom. The van der Waals surface area contributed by atoms with Crippen molar-refractivity contribution in [3.8, 4) is 0 Å². The summed E-state index contributed by atoms with van der Waals surface area (Å²) in [7, 11) is 0. The topological polar surface area (TPSA) is 50.7 Å². The lowest BCUT2D eigenvalue weighted by Gasteiger charge is -2.29. The van der Waals surface area contributed by atoms with Gasteiger partial charge in [-0.2, -0.15) is 0 Å². The summed E-state index contributed by atoms with van der Waals surface area (Å²) in [6, 6.07) is 0. The molecule has 1 aliphatic rings. The average molecular weight is 287 g/mol. The van der Waals surface area contributed by atoms with Crippen LogP contribution in [0.4, 0.5) is 0 Å². The molecule has 0 aliphatic carbocycles. The van der Waals surface area contributed by atoms with Crippen molar-refractivity contribution < 1.29 is 14.6 Å².